The van der Waals surface area contributed by atoms with Crippen LogP contribution in [0.15, 0.2) is 91.1 Å². The molecule has 1 aliphatic heterocycles. The lowest BCUT2D eigenvalue weighted by molar-refractivity contribution is 0.194. The van der Waals surface area contributed by atoms with Gasteiger partial charge in [0, 0.05) is 17.6 Å². The molecule has 0 fully saturated rings. The molecule has 160 valence electrons. The Labute approximate surface area is 187 Å². The fraction of sp³-hybridized carbons (Fsp3) is 0.148. The Balaban J connectivity index is 1.61. The summed E-state index contributed by atoms with van der Waals surface area (Å²) in [7, 11) is 1.63. The second-order valence-electron chi connectivity index (χ2n) is 7.98. The Hall–Kier alpha value is -3.99. The van der Waals surface area contributed by atoms with E-state index < -0.39 is 0 Å². The van der Waals surface area contributed by atoms with Crippen LogP contribution in [0, 0.1) is 6.92 Å². The van der Waals surface area contributed by atoms with E-state index in [9.17, 15) is 4.79 Å². The normalized spacial score (nSPS) is 14.8. The maximum Gasteiger partial charge on any atom is 0.322 e. The van der Waals surface area contributed by atoms with Gasteiger partial charge in [-0.05, 0) is 66.1 Å². The molecule has 0 unspecified atom stereocenters. The predicted molar refractivity (Wildman–Crippen MR) is 126 cm³/mol. The molecule has 1 atom stereocenters. The number of methoxy groups -OCH3 is 1. The highest BCUT2D eigenvalue weighted by Crippen LogP contribution is 2.38. The summed E-state index contributed by atoms with van der Waals surface area (Å²) in [6, 6.07) is 27.7. The average Bonchev–Trinajstić information content (AvgIpc) is 3.25. The molecule has 0 bridgehead atoms. The third-order valence-corrected chi connectivity index (χ3v) is 6.05. The predicted octanol–water partition coefficient (Wildman–Crippen LogP) is 5.93. The summed E-state index contributed by atoms with van der Waals surface area (Å²) in [5.74, 6) is 0.752. The van der Waals surface area contributed by atoms with Gasteiger partial charge in [-0.2, -0.15) is 0 Å². The van der Waals surface area contributed by atoms with Crippen LogP contribution in [-0.2, 0) is 6.54 Å². The van der Waals surface area contributed by atoms with Gasteiger partial charge in [0.05, 0.1) is 19.3 Å². The summed E-state index contributed by atoms with van der Waals surface area (Å²) < 4.78 is 7.44. The summed E-state index contributed by atoms with van der Waals surface area (Å²) in [5.41, 5.74) is 6.27. The van der Waals surface area contributed by atoms with Gasteiger partial charge in [-0.25, -0.2) is 4.79 Å². The van der Waals surface area contributed by atoms with E-state index in [1.165, 1.54) is 0 Å². The van der Waals surface area contributed by atoms with E-state index in [0.29, 0.717) is 6.54 Å². The van der Waals surface area contributed by atoms with Crippen molar-refractivity contribution in [1.82, 2.24) is 9.47 Å². The Morgan fingerprint density at radius 1 is 0.938 bits per heavy atom. The Kier molecular flexibility index (Phi) is 5.15. The number of hydrogen-bond donors (Lipinski definition) is 1. The molecule has 5 heteroatoms. The number of anilines is 1. The number of para-hydroxylation sites is 1. The second kappa shape index (κ2) is 8.27. The van der Waals surface area contributed by atoms with Crippen molar-refractivity contribution >= 4 is 11.7 Å². The molecule has 4 aromatic rings. The van der Waals surface area contributed by atoms with Crippen molar-refractivity contribution in [3.05, 3.63) is 114 Å². The van der Waals surface area contributed by atoms with Crippen molar-refractivity contribution in [2.45, 2.75) is 19.5 Å². The number of aryl methyl sites for hydroxylation is 1. The Morgan fingerprint density at radius 2 is 1.69 bits per heavy atom. The van der Waals surface area contributed by atoms with Gasteiger partial charge in [0.1, 0.15) is 11.8 Å². The van der Waals surface area contributed by atoms with Crippen molar-refractivity contribution in [2.24, 2.45) is 0 Å². The number of fused-ring (bicyclic) bond motifs is 3. The van der Waals surface area contributed by atoms with E-state index in [2.05, 4.69) is 53.3 Å². The van der Waals surface area contributed by atoms with E-state index >= 15 is 0 Å². The Bertz CT molecular complexity index is 1260. The zero-order valence-corrected chi connectivity index (χ0v) is 18.2. The first-order valence-corrected chi connectivity index (χ1v) is 10.7. The standard InChI is InChI=1S/C27H25N3O2/c1-19-8-3-5-10-23(19)26-25-12-7-17-29(25)24-11-6-4-9-20(24)18-30(26)27(31)28-21-13-15-22(32-2)16-14-21/h3-17,26H,18H2,1-2H3,(H,28,31)/t26-/m0/s1. The highest BCUT2D eigenvalue weighted by molar-refractivity contribution is 5.90. The number of benzene rings is 3. The molecule has 2 amide bonds. The van der Waals surface area contributed by atoms with E-state index in [4.69, 9.17) is 4.74 Å². The molecular weight excluding hydrogens is 398 g/mol. The lowest BCUT2D eigenvalue weighted by Crippen LogP contribution is -2.38. The number of amides is 2. The van der Waals surface area contributed by atoms with Gasteiger partial charge in [0.25, 0.3) is 0 Å². The summed E-state index contributed by atoms with van der Waals surface area (Å²) in [6.07, 6.45) is 2.07. The molecule has 5 nitrogen and oxygen atoms in total. The quantitative estimate of drug-likeness (QED) is 0.444. The van der Waals surface area contributed by atoms with Crippen molar-refractivity contribution < 1.29 is 9.53 Å². The topological polar surface area (TPSA) is 46.5 Å². The number of carbonyl (C=O) groups excluding carboxylic acids is 1. The Morgan fingerprint density at radius 3 is 2.47 bits per heavy atom. The number of nitrogens with zero attached hydrogens (tertiary/aromatic N) is 2. The van der Waals surface area contributed by atoms with Crippen LogP contribution in [0.1, 0.15) is 28.4 Å². The molecule has 0 saturated heterocycles. The summed E-state index contributed by atoms with van der Waals surface area (Å²) >= 11 is 0. The van der Waals surface area contributed by atoms with Crippen LogP contribution < -0.4 is 10.1 Å². The molecule has 0 radical (unpaired) electrons. The van der Waals surface area contributed by atoms with Gasteiger partial charge in [-0.1, -0.05) is 42.5 Å². The lowest BCUT2D eigenvalue weighted by Gasteiger charge is -2.32. The molecule has 3 aromatic carbocycles. The molecule has 0 saturated carbocycles. The van der Waals surface area contributed by atoms with E-state index in [1.54, 1.807) is 7.11 Å². The van der Waals surface area contributed by atoms with Crippen molar-refractivity contribution in [3.8, 4) is 11.4 Å². The van der Waals surface area contributed by atoms with Gasteiger partial charge in [0.2, 0.25) is 0 Å². The first-order valence-electron chi connectivity index (χ1n) is 10.7. The van der Waals surface area contributed by atoms with Gasteiger partial charge in [-0.3, -0.25) is 0 Å². The number of urea groups is 1. The van der Waals surface area contributed by atoms with Crippen LogP contribution >= 0.6 is 0 Å². The highest BCUT2D eigenvalue weighted by atomic mass is 16.5. The number of rotatable bonds is 3. The molecule has 32 heavy (non-hydrogen) atoms. The smallest absolute Gasteiger partial charge is 0.322 e. The molecule has 5 rings (SSSR count). The minimum Gasteiger partial charge on any atom is -0.497 e. The summed E-state index contributed by atoms with van der Waals surface area (Å²) in [6.45, 7) is 2.60. The molecular formula is C27H25N3O2. The highest BCUT2D eigenvalue weighted by Gasteiger charge is 2.33. The molecule has 1 N–H and O–H groups in total. The number of hydrogen-bond acceptors (Lipinski definition) is 2. The van der Waals surface area contributed by atoms with Gasteiger partial charge in [0.15, 0.2) is 0 Å². The molecule has 2 heterocycles. The first-order chi connectivity index (χ1) is 15.7. The molecule has 1 aromatic heterocycles. The van der Waals surface area contributed by atoms with Crippen molar-refractivity contribution in [1.29, 1.82) is 0 Å². The van der Waals surface area contributed by atoms with Gasteiger partial charge >= 0.3 is 6.03 Å². The van der Waals surface area contributed by atoms with E-state index in [-0.39, 0.29) is 12.1 Å². The maximum absolute atomic E-state index is 13.7. The van der Waals surface area contributed by atoms with Crippen LogP contribution in [0.2, 0.25) is 0 Å². The SMILES string of the molecule is COc1ccc(NC(=O)N2Cc3ccccc3-n3cccc3[C@@H]2c2ccccc2C)cc1. The van der Waals surface area contributed by atoms with Crippen LogP contribution in [0.3, 0.4) is 0 Å². The third kappa shape index (κ3) is 3.52. The van der Waals surface area contributed by atoms with Crippen molar-refractivity contribution in [2.75, 3.05) is 12.4 Å². The zero-order valence-electron chi connectivity index (χ0n) is 18.2. The number of nitrogens with one attached hydrogen (secondary N) is 1. The average molecular weight is 424 g/mol. The summed E-state index contributed by atoms with van der Waals surface area (Å²) in [4.78, 5) is 15.6. The lowest BCUT2D eigenvalue weighted by atomic mass is 9.97. The van der Waals surface area contributed by atoms with Gasteiger partial charge in [-0.15, -0.1) is 0 Å². The number of aromatic nitrogens is 1. The van der Waals surface area contributed by atoms with Crippen LogP contribution in [0.4, 0.5) is 10.5 Å². The largest absolute Gasteiger partial charge is 0.497 e. The summed E-state index contributed by atoms with van der Waals surface area (Å²) in [5, 5.41) is 3.09. The molecule has 1 aliphatic rings. The zero-order chi connectivity index (χ0) is 22.1. The van der Waals surface area contributed by atoms with E-state index in [0.717, 1.165) is 39.5 Å². The van der Waals surface area contributed by atoms with Crippen LogP contribution in [0.5, 0.6) is 5.75 Å². The minimum absolute atomic E-state index is 0.145. The van der Waals surface area contributed by atoms with E-state index in [1.807, 2.05) is 59.5 Å². The van der Waals surface area contributed by atoms with Crippen molar-refractivity contribution in [3.63, 3.8) is 0 Å². The number of carbonyl (C=O) groups is 1. The maximum atomic E-state index is 13.7. The monoisotopic (exact) mass is 423 g/mol. The fourth-order valence-corrected chi connectivity index (χ4v) is 4.43. The minimum atomic E-state index is -0.225. The third-order valence-electron chi connectivity index (χ3n) is 6.05. The fourth-order valence-electron chi connectivity index (χ4n) is 4.43. The molecule has 0 aliphatic carbocycles. The second-order valence-corrected chi connectivity index (χ2v) is 7.98. The van der Waals surface area contributed by atoms with Gasteiger partial charge < -0.3 is 19.5 Å². The number of ether oxygens (including phenoxy) is 1. The van der Waals surface area contributed by atoms with Crippen LogP contribution in [0.25, 0.3) is 5.69 Å². The first kappa shape index (κ1) is 19.9. The van der Waals surface area contributed by atoms with Crippen LogP contribution in [-0.4, -0.2) is 22.6 Å². The molecule has 0 spiro atoms.